The lowest BCUT2D eigenvalue weighted by atomic mass is 10.1. The molecule has 0 aliphatic heterocycles. The zero-order valence-electron chi connectivity index (χ0n) is 18.0. The van der Waals surface area contributed by atoms with Crippen LogP contribution in [0.4, 0.5) is 5.69 Å². The molecule has 1 N–H and O–H groups in total. The standard InChI is InChI=1S/C24H24ClN3O4/c1-16(2)28-14-18(13-26-28)21(29)10-8-17-9-11-22(23(12-17)31-3)32-15-24(30)27-20-7-5-4-6-19(20)25/h4-14,16H,15H2,1-3H3,(H,27,30)/b10-8+. The van der Waals surface area contributed by atoms with Crippen molar-refractivity contribution in [3.05, 3.63) is 77.1 Å². The third-order valence-electron chi connectivity index (χ3n) is 4.54. The second-order valence-corrected chi connectivity index (χ2v) is 7.63. The van der Waals surface area contributed by atoms with E-state index >= 15 is 0 Å². The molecule has 0 atom stereocenters. The number of benzene rings is 2. The van der Waals surface area contributed by atoms with Crippen molar-refractivity contribution in [2.45, 2.75) is 19.9 Å². The van der Waals surface area contributed by atoms with Gasteiger partial charge < -0.3 is 14.8 Å². The quantitative estimate of drug-likeness (QED) is 0.362. The first-order chi connectivity index (χ1) is 15.4. The molecule has 3 aromatic rings. The average Bonchev–Trinajstić information content (AvgIpc) is 3.29. The number of methoxy groups -OCH3 is 1. The van der Waals surface area contributed by atoms with Crippen LogP contribution in [0.15, 0.2) is 60.9 Å². The predicted molar refractivity (Wildman–Crippen MR) is 125 cm³/mol. The van der Waals surface area contributed by atoms with Gasteiger partial charge in [-0.2, -0.15) is 5.10 Å². The second-order valence-electron chi connectivity index (χ2n) is 7.23. The Hall–Kier alpha value is -3.58. The maximum absolute atomic E-state index is 12.4. The lowest BCUT2D eigenvalue weighted by molar-refractivity contribution is -0.118. The van der Waals surface area contributed by atoms with Crippen LogP contribution < -0.4 is 14.8 Å². The van der Waals surface area contributed by atoms with Crippen LogP contribution in [0.25, 0.3) is 6.08 Å². The van der Waals surface area contributed by atoms with Crippen LogP contribution in [0.1, 0.15) is 35.8 Å². The summed E-state index contributed by atoms with van der Waals surface area (Å²) in [4.78, 5) is 24.5. The third-order valence-corrected chi connectivity index (χ3v) is 4.87. The van der Waals surface area contributed by atoms with E-state index in [1.807, 2.05) is 13.8 Å². The van der Waals surface area contributed by atoms with E-state index in [0.29, 0.717) is 27.8 Å². The summed E-state index contributed by atoms with van der Waals surface area (Å²) in [7, 11) is 1.50. The van der Waals surface area contributed by atoms with Gasteiger partial charge in [0.1, 0.15) is 0 Å². The number of hydrogen-bond donors (Lipinski definition) is 1. The number of ether oxygens (including phenoxy) is 2. The number of ketones is 1. The van der Waals surface area contributed by atoms with E-state index in [4.69, 9.17) is 21.1 Å². The van der Waals surface area contributed by atoms with E-state index in [9.17, 15) is 9.59 Å². The molecule has 0 spiro atoms. The van der Waals surface area contributed by atoms with Crippen molar-refractivity contribution in [1.29, 1.82) is 0 Å². The minimum Gasteiger partial charge on any atom is -0.493 e. The van der Waals surface area contributed by atoms with Gasteiger partial charge in [0.05, 0.1) is 29.6 Å². The van der Waals surface area contributed by atoms with Crippen LogP contribution >= 0.6 is 11.6 Å². The van der Waals surface area contributed by atoms with Gasteiger partial charge in [-0.3, -0.25) is 14.3 Å². The van der Waals surface area contributed by atoms with E-state index < -0.39 is 0 Å². The molecule has 7 nitrogen and oxygen atoms in total. The van der Waals surface area contributed by atoms with E-state index in [1.54, 1.807) is 65.6 Å². The fourth-order valence-corrected chi connectivity index (χ4v) is 3.00. The number of para-hydroxylation sites is 1. The average molecular weight is 454 g/mol. The van der Waals surface area contributed by atoms with Crippen LogP contribution in [0.5, 0.6) is 11.5 Å². The first-order valence-corrected chi connectivity index (χ1v) is 10.4. The highest BCUT2D eigenvalue weighted by Crippen LogP contribution is 2.29. The summed E-state index contributed by atoms with van der Waals surface area (Å²) >= 11 is 6.05. The molecule has 166 valence electrons. The van der Waals surface area contributed by atoms with Crippen LogP contribution in [0.3, 0.4) is 0 Å². The Kier molecular flexibility index (Phi) is 7.68. The Morgan fingerprint density at radius 2 is 1.97 bits per heavy atom. The molecule has 1 amide bonds. The van der Waals surface area contributed by atoms with Gasteiger partial charge in [-0.25, -0.2) is 0 Å². The molecule has 32 heavy (non-hydrogen) atoms. The molecule has 0 saturated carbocycles. The Labute approximate surface area is 191 Å². The van der Waals surface area contributed by atoms with Crippen LogP contribution in [0, 0.1) is 0 Å². The van der Waals surface area contributed by atoms with Gasteiger partial charge in [0, 0.05) is 12.2 Å². The minimum atomic E-state index is -0.350. The molecule has 0 aliphatic carbocycles. The fourth-order valence-electron chi connectivity index (χ4n) is 2.82. The van der Waals surface area contributed by atoms with Gasteiger partial charge in [0.2, 0.25) is 0 Å². The highest BCUT2D eigenvalue weighted by molar-refractivity contribution is 6.33. The van der Waals surface area contributed by atoms with Crippen LogP contribution in [-0.4, -0.2) is 35.2 Å². The van der Waals surface area contributed by atoms with Crippen molar-refractivity contribution in [1.82, 2.24) is 9.78 Å². The lowest BCUT2D eigenvalue weighted by Gasteiger charge is -2.12. The number of anilines is 1. The van der Waals surface area contributed by atoms with E-state index in [2.05, 4.69) is 10.4 Å². The summed E-state index contributed by atoms with van der Waals surface area (Å²) in [6.07, 6.45) is 6.44. The maximum Gasteiger partial charge on any atom is 0.262 e. The number of halogens is 1. The topological polar surface area (TPSA) is 82.4 Å². The summed E-state index contributed by atoms with van der Waals surface area (Å²) < 4.78 is 12.7. The number of allylic oxidation sites excluding steroid dienone is 1. The van der Waals surface area contributed by atoms with Gasteiger partial charge in [-0.15, -0.1) is 0 Å². The highest BCUT2D eigenvalue weighted by Gasteiger charge is 2.11. The summed E-state index contributed by atoms with van der Waals surface area (Å²) in [6, 6.07) is 12.3. The number of hydrogen-bond acceptors (Lipinski definition) is 5. The number of aromatic nitrogens is 2. The first-order valence-electron chi connectivity index (χ1n) is 9.99. The van der Waals surface area contributed by atoms with Gasteiger partial charge in [0.25, 0.3) is 5.91 Å². The van der Waals surface area contributed by atoms with Gasteiger partial charge in [-0.1, -0.05) is 35.9 Å². The molecule has 0 aliphatic rings. The molecular formula is C24H24ClN3O4. The first kappa shape index (κ1) is 23.1. The number of nitrogens with zero attached hydrogens (tertiary/aromatic N) is 2. The van der Waals surface area contributed by atoms with Crippen molar-refractivity contribution >= 4 is 35.1 Å². The summed E-state index contributed by atoms with van der Waals surface area (Å²) in [5, 5.41) is 7.32. The monoisotopic (exact) mass is 453 g/mol. The van der Waals surface area contributed by atoms with E-state index in [-0.39, 0.29) is 24.3 Å². The van der Waals surface area contributed by atoms with Gasteiger partial charge in [-0.05, 0) is 49.8 Å². The van der Waals surface area contributed by atoms with Crippen molar-refractivity contribution < 1.29 is 19.1 Å². The molecule has 0 unspecified atom stereocenters. The zero-order valence-corrected chi connectivity index (χ0v) is 18.8. The summed E-state index contributed by atoms with van der Waals surface area (Å²) in [6.45, 7) is 3.77. The van der Waals surface area contributed by atoms with E-state index in [0.717, 1.165) is 5.56 Å². The number of nitrogens with one attached hydrogen (secondary N) is 1. The van der Waals surface area contributed by atoms with Crippen molar-refractivity contribution in [3.63, 3.8) is 0 Å². The maximum atomic E-state index is 12.4. The highest BCUT2D eigenvalue weighted by atomic mass is 35.5. The van der Waals surface area contributed by atoms with Crippen molar-refractivity contribution in [2.24, 2.45) is 0 Å². The molecule has 1 heterocycles. The van der Waals surface area contributed by atoms with Crippen molar-refractivity contribution in [2.75, 3.05) is 19.0 Å². The smallest absolute Gasteiger partial charge is 0.262 e. The van der Waals surface area contributed by atoms with Crippen LogP contribution in [-0.2, 0) is 4.79 Å². The number of carbonyl (C=O) groups excluding carboxylic acids is 2. The largest absolute Gasteiger partial charge is 0.493 e. The second kappa shape index (κ2) is 10.6. The zero-order chi connectivity index (χ0) is 23.1. The van der Waals surface area contributed by atoms with E-state index in [1.165, 1.54) is 13.2 Å². The molecule has 0 fully saturated rings. The van der Waals surface area contributed by atoms with Crippen LogP contribution in [0.2, 0.25) is 5.02 Å². The fraction of sp³-hybridized carbons (Fsp3) is 0.208. The lowest BCUT2D eigenvalue weighted by Crippen LogP contribution is -2.20. The molecule has 2 aromatic carbocycles. The molecule has 3 rings (SSSR count). The van der Waals surface area contributed by atoms with Gasteiger partial charge >= 0.3 is 0 Å². The molecule has 0 saturated heterocycles. The minimum absolute atomic E-state index is 0.146. The van der Waals surface area contributed by atoms with Crippen molar-refractivity contribution in [3.8, 4) is 11.5 Å². The Bertz CT molecular complexity index is 1140. The third kappa shape index (κ3) is 5.98. The summed E-state index contributed by atoms with van der Waals surface area (Å²) in [5.41, 5.74) is 1.78. The molecule has 8 heteroatoms. The molecule has 0 radical (unpaired) electrons. The Morgan fingerprint density at radius 1 is 1.19 bits per heavy atom. The Balaban J connectivity index is 1.62. The number of carbonyl (C=O) groups is 2. The molecule has 1 aromatic heterocycles. The normalized spacial score (nSPS) is 11.0. The number of amides is 1. The number of rotatable bonds is 9. The predicted octanol–water partition coefficient (Wildman–Crippen LogP) is 5.04. The molecule has 0 bridgehead atoms. The summed E-state index contributed by atoms with van der Waals surface area (Å²) in [5.74, 6) is 0.352. The van der Waals surface area contributed by atoms with Gasteiger partial charge in [0.15, 0.2) is 23.9 Å². The SMILES string of the molecule is COc1cc(/C=C/C(=O)c2cnn(C(C)C)c2)ccc1OCC(=O)Nc1ccccc1Cl. The molecular weight excluding hydrogens is 430 g/mol. The Morgan fingerprint density at radius 3 is 2.66 bits per heavy atom.